The summed E-state index contributed by atoms with van der Waals surface area (Å²) in [7, 11) is -7.42. The van der Waals surface area contributed by atoms with Crippen molar-refractivity contribution in [1.29, 1.82) is 0 Å². The van der Waals surface area contributed by atoms with Crippen molar-refractivity contribution < 1.29 is 21.6 Å². The molecule has 0 saturated heterocycles. The highest BCUT2D eigenvalue weighted by atomic mass is 79.9. The van der Waals surface area contributed by atoms with E-state index in [1.807, 2.05) is 13.8 Å². The molecule has 1 aromatic rings. The van der Waals surface area contributed by atoms with Gasteiger partial charge in [0.1, 0.15) is 0 Å². The topological polar surface area (TPSA) is 116 Å². The number of hydrogen-bond donors (Lipinski definition) is 2. The fourth-order valence-electron chi connectivity index (χ4n) is 1.37. The Morgan fingerprint density at radius 1 is 1.29 bits per heavy atom. The van der Waals surface area contributed by atoms with E-state index in [1.165, 1.54) is 18.2 Å². The third kappa shape index (κ3) is 6.30. The molecule has 10 heteroatoms. The number of halogens is 1. The van der Waals surface area contributed by atoms with Gasteiger partial charge in [-0.15, -0.1) is 0 Å². The third-order valence-corrected chi connectivity index (χ3v) is 5.14. The Kier molecular flexibility index (Phi) is 6.17. The predicted octanol–water partition coefficient (Wildman–Crippen LogP) is 1.26. The zero-order valence-corrected chi connectivity index (χ0v) is 14.8. The van der Waals surface area contributed by atoms with Crippen LogP contribution < -0.4 is 9.86 Å². The molecule has 0 fully saturated rings. The quantitative estimate of drug-likeness (QED) is 0.714. The molecule has 0 aliphatic heterocycles. The molecule has 0 bridgehead atoms. The molecule has 0 unspecified atom stereocenters. The molecule has 0 spiro atoms. The lowest BCUT2D eigenvalue weighted by Gasteiger charge is -2.12. The van der Waals surface area contributed by atoms with E-state index in [0.29, 0.717) is 0 Å². The molecule has 0 aliphatic rings. The second-order valence-corrected chi connectivity index (χ2v) is 8.78. The van der Waals surface area contributed by atoms with Gasteiger partial charge in [-0.05, 0) is 48.0 Å². The summed E-state index contributed by atoms with van der Waals surface area (Å²) in [6.45, 7) is 3.69. The van der Waals surface area contributed by atoms with Gasteiger partial charge >= 0.3 is 0 Å². The average molecular weight is 401 g/mol. The SMILES string of the molecule is CC(C)OCCS(=O)(=O)Nc1ccc(S(N)(=O)=O)cc1Br. The fourth-order valence-corrected chi connectivity index (χ4v) is 3.60. The highest BCUT2D eigenvalue weighted by Crippen LogP contribution is 2.26. The lowest BCUT2D eigenvalue weighted by Crippen LogP contribution is -2.22. The van der Waals surface area contributed by atoms with E-state index >= 15 is 0 Å². The van der Waals surface area contributed by atoms with E-state index in [2.05, 4.69) is 20.7 Å². The van der Waals surface area contributed by atoms with Crippen LogP contribution in [0.1, 0.15) is 13.8 Å². The molecule has 0 aromatic heterocycles. The van der Waals surface area contributed by atoms with Gasteiger partial charge in [0.2, 0.25) is 20.0 Å². The van der Waals surface area contributed by atoms with Crippen LogP contribution in [0.25, 0.3) is 0 Å². The number of anilines is 1. The van der Waals surface area contributed by atoms with Gasteiger partial charge in [0.25, 0.3) is 0 Å². The van der Waals surface area contributed by atoms with E-state index in [4.69, 9.17) is 9.88 Å². The number of benzene rings is 1. The van der Waals surface area contributed by atoms with Crippen LogP contribution in [0.3, 0.4) is 0 Å². The maximum Gasteiger partial charge on any atom is 0.238 e. The molecule has 0 heterocycles. The Balaban J connectivity index is 2.84. The number of hydrogen-bond acceptors (Lipinski definition) is 5. The van der Waals surface area contributed by atoms with Crippen LogP contribution in [-0.4, -0.2) is 35.3 Å². The van der Waals surface area contributed by atoms with Crippen molar-refractivity contribution in [3.8, 4) is 0 Å². The van der Waals surface area contributed by atoms with Crippen molar-refractivity contribution in [2.75, 3.05) is 17.1 Å². The molecule has 1 rings (SSSR count). The second-order valence-electron chi connectivity index (χ2n) is 4.53. The molecule has 7 nitrogen and oxygen atoms in total. The number of rotatable bonds is 7. The number of nitrogens with one attached hydrogen (secondary N) is 1. The minimum Gasteiger partial charge on any atom is -0.378 e. The van der Waals surface area contributed by atoms with E-state index < -0.39 is 20.0 Å². The van der Waals surface area contributed by atoms with E-state index in [1.54, 1.807) is 0 Å². The largest absolute Gasteiger partial charge is 0.378 e. The van der Waals surface area contributed by atoms with Gasteiger partial charge in [0.05, 0.1) is 29.0 Å². The normalized spacial score (nSPS) is 12.6. The summed E-state index contributed by atoms with van der Waals surface area (Å²) < 4.78 is 53.9. The van der Waals surface area contributed by atoms with Crippen molar-refractivity contribution in [3.05, 3.63) is 22.7 Å². The van der Waals surface area contributed by atoms with Gasteiger partial charge in [-0.25, -0.2) is 22.0 Å². The molecule has 0 amide bonds. The van der Waals surface area contributed by atoms with Crippen molar-refractivity contribution >= 4 is 41.7 Å². The van der Waals surface area contributed by atoms with Crippen molar-refractivity contribution in [3.63, 3.8) is 0 Å². The van der Waals surface area contributed by atoms with Gasteiger partial charge in [-0.2, -0.15) is 0 Å². The van der Waals surface area contributed by atoms with E-state index in [-0.39, 0.29) is 33.5 Å². The summed E-state index contributed by atoms with van der Waals surface area (Å²) in [5, 5.41) is 4.99. The Hall–Kier alpha value is -0.680. The Morgan fingerprint density at radius 3 is 2.38 bits per heavy atom. The summed E-state index contributed by atoms with van der Waals surface area (Å²) in [5.41, 5.74) is 0.229. The number of sulfonamides is 2. The average Bonchev–Trinajstić information content (AvgIpc) is 2.29. The van der Waals surface area contributed by atoms with Gasteiger partial charge in [0.15, 0.2) is 0 Å². The lowest BCUT2D eigenvalue weighted by atomic mass is 10.3. The van der Waals surface area contributed by atoms with Crippen LogP contribution in [-0.2, 0) is 24.8 Å². The predicted molar refractivity (Wildman–Crippen MR) is 84.0 cm³/mol. The first-order valence-corrected chi connectivity index (χ1v) is 9.95. The van der Waals surface area contributed by atoms with E-state index in [0.717, 1.165) is 0 Å². The molecule has 0 atom stereocenters. The molecule has 0 radical (unpaired) electrons. The molecule has 21 heavy (non-hydrogen) atoms. The number of primary sulfonamides is 1. The van der Waals surface area contributed by atoms with Crippen molar-refractivity contribution in [2.24, 2.45) is 5.14 Å². The smallest absolute Gasteiger partial charge is 0.238 e. The third-order valence-electron chi connectivity index (χ3n) is 2.34. The summed E-state index contributed by atoms with van der Waals surface area (Å²) >= 11 is 3.11. The zero-order chi connectivity index (χ0) is 16.3. The molecule has 0 aliphatic carbocycles. The summed E-state index contributed by atoms with van der Waals surface area (Å²) in [5.74, 6) is -0.200. The summed E-state index contributed by atoms with van der Waals surface area (Å²) in [6.07, 6.45) is -0.0546. The molecular formula is C11H17BrN2O5S2. The molecule has 0 saturated carbocycles. The van der Waals surface area contributed by atoms with Crippen LogP contribution in [0.2, 0.25) is 0 Å². The summed E-state index contributed by atoms with van der Waals surface area (Å²) in [6, 6.07) is 3.78. The Bertz CT molecular complexity index is 701. The number of ether oxygens (including phenoxy) is 1. The lowest BCUT2D eigenvalue weighted by molar-refractivity contribution is 0.0913. The van der Waals surface area contributed by atoms with Crippen LogP contribution in [0.5, 0.6) is 0 Å². The van der Waals surface area contributed by atoms with Crippen LogP contribution >= 0.6 is 15.9 Å². The zero-order valence-electron chi connectivity index (χ0n) is 11.5. The van der Waals surface area contributed by atoms with Gasteiger partial charge in [0, 0.05) is 4.47 Å². The highest BCUT2D eigenvalue weighted by Gasteiger charge is 2.15. The van der Waals surface area contributed by atoms with Gasteiger partial charge < -0.3 is 4.74 Å². The van der Waals surface area contributed by atoms with Crippen molar-refractivity contribution in [1.82, 2.24) is 0 Å². The fraction of sp³-hybridized carbons (Fsp3) is 0.455. The number of nitrogens with two attached hydrogens (primary N) is 1. The van der Waals surface area contributed by atoms with Crippen LogP contribution in [0.15, 0.2) is 27.6 Å². The Labute approximate surface area is 133 Å². The first-order valence-electron chi connectivity index (χ1n) is 5.96. The van der Waals surface area contributed by atoms with Crippen LogP contribution in [0.4, 0.5) is 5.69 Å². The first kappa shape index (κ1) is 18.4. The van der Waals surface area contributed by atoms with Crippen molar-refractivity contribution in [2.45, 2.75) is 24.8 Å². The van der Waals surface area contributed by atoms with E-state index in [9.17, 15) is 16.8 Å². The maximum atomic E-state index is 11.9. The Morgan fingerprint density at radius 2 is 1.90 bits per heavy atom. The first-order chi connectivity index (χ1) is 9.51. The minimum atomic E-state index is -3.84. The molecule has 3 N–H and O–H groups in total. The van der Waals surface area contributed by atoms with Gasteiger partial charge in [-0.1, -0.05) is 0 Å². The second kappa shape index (κ2) is 7.05. The standard InChI is InChI=1S/C11H17BrN2O5S2/c1-8(2)19-5-6-20(15,16)14-11-4-3-9(7-10(11)12)21(13,17)18/h3-4,7-8,14H,5-6H2,1-2H3,(H2,13,17,18). The molecular weight excluding hydrogens is 384 g/mol. The summed E-state index contributed by atoms with van der Waals surface area (Å²) in [4.78, 5) is -0.111. The van der Waals surface area contributed by atoms with Gasteiger partial charge in [-0.3, -0.25) is 4.72 Å². The minimum absolute atomic E-state index is 0.0546. The molecule has 120 valence electrons. The molecule has 1 aromatic carbocycles. The van der Waals surface area contributed by atoms with Crippen LogP contribution in [0, 0.1) is 0 Å². The monoisotopic (exact) mass is 400 g/mol. The highest BCUT2D eigenvalue weighted by molar-refractivity contribution is 9.10. The maximum absolute atomic E-state index is 11.9.